The smallest absolute Gasteiger partial charge is 0.288 e. The molecule has 0 saturated heterocycles. The number of hydrogen-bond donors (Lipinski definition) is 1. The van der Waals surface area contributed by atoms with Crippen LogP contribution >= 0.6 is 10.7 Å². The molecule has 0 aliphatic heterocycles. The third kappa shape index (κ3) is 2.52. The van der Waals surface area contributed by atoms with E-state index >= 15 is 0 Å². The van der Waals surface area contributed by atoms with Gasteiger partial charge in [0.2, 0.25) is 0 Å². The Labute approximate surface area is 101 Å². The first-order valence-electron chi connectivity index (χ1n) is 4.18. The molecule has 1 aromatic rings. The SMILES string of the molecule is N#Cc1c([N+](=O)[O-])ccc(CN)c1S(=O)(=O)Cl. The molecule has 0 aliphatic carbocycles. The van der Waals surface area contributed by atoms with Crippen molar-refractivity contribution >= 4 is 25.4 Å². The summed E-state index contributed by atoms with van der Waals surface area (Å²) in [5.74, 6) is 0. The van der Waals surface area contributed by atoms with Crippen molar-refractivity contribution in [2.24, 2.45) is 5.73 Å². The van der Waals surface area contributed by atoms with E-state index in [1.165, 1.54) is 6.07 Å². The summed E-state index contributed by atoms with van der Waals surface area (Å²) in [4.78, 5) is 9.19. The maximum Gasteiger partial charge on any atom is 0.288 e. The molecule has 0 aromatic heterocycles. The molecular weight excluding hydrogens is 270 g/mol. The molecule has 17 heavy (non-hydrogen) atoms. The van der Waals surface area contributed by atoms with Crippen LogP contribution < -0.4 is 5.73 Å². The molecule has 9 heteroatoms. The Hall–Kier alpha value is -1.69. The summed E-state index contributed by atoms with van der Waals surface area (Å²) in [5.41, 5.74) is 4.13. The van der Waals surface area contributed by atoms with Gasteiger partial charge in [-0.2, -0.15) is 5.26 Å². The summed E-state index contributed by atoms with van der Waals surface area (Å²) in [5, 5.41) is 19.5. The predicted molar refractivity (Wildman–Crippen MR) is 58.7 cm³/mol. The quantitative estimate of drug-likeness (QED) is 0.495. The lowest BCUT2D eigenvalue weighted by molar-refractivity contribution is -0.385. The van der Waals surface area contributed by atoms with Crippen molar-refractivity contribution in [2.75, 3.05) is 0 Å². The standard InChI is InChI=1S/C8H6ClN3O4S/c9-17(15,16)8-5(3-10)1-2-7(12(13)14)6(8)4-11/h1-2H,3,10H2. The van der Waals surface area contributed by atoms with Crippen LogP contribution in [0.3, 0.4) is 0 Å². The lowest BCUT2D eigenvalue weighted by Gasteiger charge is -2.06. The Bertz CT molecular complexity index is 620. The van der Waals surface area contributed by atoms with Crippen molar-refractivity contribution in [2.45, 2.75) is 11.4 Å². The van der Waals surface area contributed by atoms with E-state index in [9.17, 15) is 18.5 Å². The summed E-state index contributed by atoms with van der Waals surface area (Å²) in [6, 6.07) is 3.65. The number of hydrogen-bond acceptors (Lipinski definition) is 6. The lowest BCUT2D eigenvalue weighted by Crippen LogP contribution is -2.08. The van der Waals surface area contributed by atoms with E-state index < -0.39 is 30.1 Å². The molecule has 0 bridgehead atoms. The lowest BCUT2D eigenvalue weighted by atomic mass is 10.1. The van der Waals surface area contributed by atoms with E-state index in [1.54, 1.807) is 0 Å². The van der Waals surface area contributed by atoms with Gasteiger partial charge in [-0.05, 0) is 11.6 Å². The summed E-state index contributed by atoms with van der Waals surface area (Å²) in [6.07, 6.45) is 0. The van der Waals surface area contributed by atoms with Gasteiger partial charge in [0, 0.05) is 23.3 Å². The van der Waals surface area contributed by atoms with E-state index in [2.05, 4.69) is 0 Å². The molecule has 0 radical (unpaired) electrons. The van der Waals surface area contributed by atoms with Crippen molar-refractivity contribution in [3.8, 4) is 6.07 Å². The Morgan fingerprint density at radius 1 is 1.53 bits per heavy atom. The number of nitriles is 1. The molecule has 0 heterocycles. The Balaban J connectivity index is 3.82. The average molecular weight is 276 g/mol. The van der Waals surface area contributed by atoms with Gasteiger partial charge in [0.05, 0.1) is 4.92 Å². The first-order chi connectivity index (χ1) is 7.82. The highest BCUT2D eigenvalue weighted by atomic mass is 35.7. The number of halogens is 1. The molecule has 0 aliphatic rings. The number of nitrogens with two attached hydrogens (primary N) is 1. The maximum atomic E-state index is 11.3. The Kier molecular flexibility index (Phi) is 3.67. The monoisotopic (exact) mass is 275 g/mol. The zero-order valence-corrected chi connectivity index (χ0v) is 9.83. The number of nitro groups is 1. The molecule has 0 amide bonds. The third-order valence-corrected chi connectivity index (χ3v) is 3.41. The summed E-state index contributed by atoms with van der Waals surface area (Å²) >= 11 is 0. The molecular formula is C8H6ClN3O4S. The first-order valence-corrected chi connectivity index (χ1v) is 6.49. The summed E-state index contributed by atoms with van der Waals surface area (Å²) in [6.45, 7) is -0.200. The molecule has 7 nitrogen and oxygen atoms in total. The Morgan fingerprint density at radius 3 is 2.47 bits per heavy atom. The van der Waals surface area contributed by atoms with Crippen LogP contribution in [-0.4, -0.2) is 13.3 Å². The second kappa shape index (κ2) is 4.67. The van der Waals surface area contributed by atoms with E-state index in [1.807, 2.05) is 0 Å². The second-order valence-electron chi connectivity index (χ2n) is 2.96. The fraction of sp³-hybridized carbons (Fsp3) is 0.125. The van der Waals surface area contributed by atoms with Crippen LogP contribution in [0.4, 0.5) is 5.69 Å². The van der Waals surface area contributed by atoms with E-state index in [-0.39, 0.29) is 12.1 Å². The minimum atomic E-state index is -4.28. The molecule has 0 fully saturated rings. The number of benzene rings is 1. The fourth-order valence-corrected chi connectivity index (χ4v) is 2.70. The highest BCUT2D eigenvalue weighted by Gasteiger charge is 2.27. The molecule has 2 N–H and O–H groups in total. The third-order valence-electron chi connectivity index (χ3n) is 1.99. The van der Waals surface area contributed by atoms with Crippen molar-refractivity contribution in [1.29, 1.82) is 5.26 Å². The van der Waals surface area contributed by atoms with Crippen molar-refractivity contribution in [3.05, 3.63) is 33.4 Å². The van der Waals surface area contributed by atoms with Crippen LogP contribution in [-0.2, 0) is 15.6 Å². The second-order valence-corrected chi connectivity index (χ2v) is 5.46. The van der Waals surface area contributed by atoms with Crippen LogP contribution in [0, 0.1) is 21.4 Å². The van der Waals surface area contributed by atoms with Gasteiger partial charge < -0.3 is 5.73 Å². The number of nitro benzene ring substituents is 1. The normalized spacial score (nSPS) is 10.9. The minimum absolute atomic E-state index is 0.0575. The van der Waals surface area contributed by atoms with Crippen LogP contribution in [0.1, 0.15) is 11.1 Å². The van der Waals surface area contributed by atoms with Gasteiger partial charge in [-0.1, -0.05) is 0 Å². The molecule has 90 valence electrons. The molecule has 1 rings (SSSR count). The van der Waals surface area contributed by atoms with E-state index in [0.717, 1.165) is 12.1 Å². The topological polar surface area (TPSA) is 127 Å². The van der Waals surface area contributed by atoms with Crippen LogP contribution in [0.2, 0.25) is 0 Å². The largest absolute Gasteiger partial charge is 0.326 e. The van der Waals surface area contributed by atoms with Crippen LogP contribution in [0.5, 0.6) is 0 Å². The van der Waals surface area contributed by atoms with Crippen LogP contribution in [0.15, 0.2) is 17.0 Å². The average Bonchev–Trinajstić information content (AvgIpc) is 2.25. The zero-order chi connectivity index (χ0) is 13.2. The van der Waals surface area contributed by atoms with Gasteiger partial charge in [0.25, 0.3) is 14.7 Å². The van der Waals surface area contributed by atoms with Crippen LogP contribution in [0.25, 0.3) is 0 Å². The summed E-state index contributed by atoms with van der Waals surface area (Å²) in [7, 11) is 0.867. The maximum absolute atomic E-state index is 11.3. The van der Waals surface area contributed by atoms with Crippen molar-refractivity contribution < 1.29 is 13.3 Å². The van der Waals surface area contributed by atoms with Crippen molar-refractivity contribution in [3.63, 3.8) is 0 Å². The Morgan fingerprint density at radius 2 is 2.12 bits per heavy atom. The van der Waals surface area contributed by atoms with E-state index in [4.69, 9.17) is 21.7 Å². The highest BCUT2D eigenvalue weighted by Crippen LogP contribution is 2.30. The van der Waals surface area contributed by atoms with Crippen molar-refractivity contribution in [1.82, 2.24) is 0 Å². The van der Waals surface area contributed by atoms with Gasteiger partial charge in [-0.15, -0.1) is 0 Å². The number of nitrogens with zero attached hydrogens (tertiary/aromatic N) is 2. The molecule has 0 spiro atoms. The zero-order valence-electron chi connectivity index (χ0n) is 8.25. The van der Waals surface area contributed by atoms with Gasteiger partial charge in [0.1, 0.15) is 16.5 Å². The molecule has 0 saturated carbocycles. The van der Waals surface area contributed by atoms with Gasteiger partial charge in [0.15, 0.2) is 0 Å². The number of rotatable bonds is 3. The molecule has 0 unspecified atom stereocenters. The fourth-order valence-electron chi connectivity index (χ4n) is 1.31. The minimum Gasteiger partial charge on any atom is -0.326 e. The van der Waals surface area contributed by atoms with E-state index in [0.29, 0.717) is 0 Å². The molecule has 0 atom stereocenters. The predicted octanol–water partition coefficient (Wildman–Crippen LogP) is 0.853. The van der Waals surface area contributed by atoms with Gasteiger partial charge in [-0.3, -0.25) is 10.1 Å². The highest BCUT2D eigenvalue weighted by molar-refractivity contribution is 8.13. The molecule has 1 aromatic carbocycles. The summed E-state index contributed by atoms with van der Waals surface area (Å²) < 4.78 is 22.6. The van der Waals surface area contributed by atoms with Gasteiger partial charge in [-0.25, -0.2) is 8.42 Å². The van der Waals surface area contributed by atoms with Gasteiger partial charge >= 0.3 is 0 Å². The first kappa shape index (κ1) is 13.4.